The molecule has 0 aromatic heterocycles. The van der Waals surface area contributed by atoms with Crippen molar-refractivity contribution in [1.29, 1.82) is 0 Å². The summed E-state index contributed by atoms with van der Waals surface area (Å²) >= 11 is 0. The molecule has 5 nitrogen and oxygen atoms in total. The average Bonchev–Trinajstić information content (AvgIpc) is 2.72. The van der Waals surface area contributed by atoms with Crippen LogP contribution in [0.25, 0.3) is 0 Å². The van der Waals surface area contributed by atoms with Crippen molar-refractivity contribution in [2.75, 3.05) is 44.6 Å². The van der Waals surface area contributed by atoms with Crippen molar-refractivity contribution in [2.45, 2.75) is 19.5 Å². The van der Waals surface area contributed by atoms with Gasteiger partial charge in [0.05, 0.1) is 12.2 Å². The lowest BCUT2D eigenvalue weighted by Gasteiger charge is -2.34. The number of amides is 1. The molecule has 2 heterocycles. The fourth-order valence-electron chi connectivity index (χ4n) is 3.97. The Morgan fingerprint density at radius 1 is 1.04 bits per heavy atom. The molecule has 0 atom stereocenters. The Kier molecular flexibility index (Phi) is 6.00. The number of nitrogens with one attached hydrogen (secondary N) is 2. The number of hydrogen-bond acceptors (Lipinski definition) is 4. The van der Waals surface area contributed by atoms with Gasteiger partial charge in [-0.05, 0) is 35.7 Å². The normalized spacial score (nSPS) is 17.9. The predicted molar refractivity (Wildman–Crippen MR) is 109 cm³/mol. The molecule has 1 saturated heterocycles. The summed E-state index contributed by atoms with van der Waals surface area (Å²) in [5.74, 6) is -0.427. The maximum absolute atomic E-state index is 14.7. The van der Waals surface area contributed by atoms with Crippen molar-refractivity contribution in [3.63, 3.8) is 0 Å². The Morgan fingerprint density at radius 2 is 1.79 bits per heavy atom. The minimum atomic E-state index is -0.278. The smallest absolute Gasteiger partial charge is 0.238 e. The van der Waals surface area contributed by atoms with Crippen LogP contribution in [0.5, 0.6) is 0 Å². The van der Waals surface area contributed by atoms with Crippen LogP contribution in [-0.4, -0.2) is 55.0 Å². The van der Waals surface area contributed by atoms with Crippen molar-refractivity contribution >= 4 is 11.6 Å². The summed E-state index contributed by atoms with van der Waals surface area (Å²) in [6.07, 6.45) is 0.661. The van der Waals surface area contributed by atoms with Gasteiger partial charge in [0.2, 0.25) is 5.91 Å². The van der Waals surface area contributed by atoms with Crippen molar-refractivity contribution in [3.8, 4) is 0 Å². The first-order chi connectivity index (χ1) is 13.7. The van der Waals surface area contributed by atoms with E-state index in [0.717, 1.165) is 50.4 Å². The summed E-state index contributed by atoms with van der Waals surface area (Å²) in [4.78, 5) is 17.0. The maximum atomic E-state index is 14.7. The van der Waals surface area contributed by atoms with Gasteiger partial charge in [0.15, 0.2) is 0 Å². The van der Waals surface area contributed by atoms with E-state index in [1.807, 2.05) is 12.1 Å². The lowest BCUT2D eigenvalue weighted by molar-refractivity contribution is -0.117. The molecule has 2 aliphatic rings. The number of rotatable bonds is 5. The van der Waals surface area contributed by atoms with E-state index >= 15 is 0 Å². The molecule has 0 unspecified atom stereocenters. The lowest BCUT2D eigenvalue weighted by Crippen LogP contribution is -2.48. The van der Waals surface area contributed by atoms with Crippen LogP contribution >= 0.6 is 0 Å². The van der Waals surface area contributed by atoms with Crippen LogP contribution < -0.4 is 10.6 Å². The number of carbonyl (C=O) groups excluding carboxylic acids is 1. The van der Waals surface area contributed by atoms with Gasteiger partial charge in [-0.25, -0.2) is 4.39 Å². The molecule has 4 rings (SSSR count). The Morgan fingerprint density at radius 3 is 2.57 bits per heavy atom. The van der Waals surface area contributed by atoms with E-state index in [2.05, 4.69) is 44.7 Å². The van der Waals surface area contributed by atoms with Crippen LogP contribution in [-0.2, 0) is 24.3 Å². The van der Waals surface area contributed by atoms with Crippen molar-refractivity contribution in [1.82, 2.24) is 15.1 Å². The van der Waals surface area contributed by atoms with E-state index in [-0.39, 0.29) is 11.7 Å². The van der Waals surface area contributed by atoms with Crippen LogP contribution in [0.4, 0.5) is 10.1 Å². The minimum Gasteiger partial charge on any atom is -0.322 e. The first-order valence-electron chi connectivity index (χ1n) is 9.98. The number of fused-ring (bicyclic) bond motifs is 1. The number of halogens is 1. The molecule has 2 aromatic carbocycles. The molecular weight excluding hydrogens is 355 g/mol. The predicted octanol–water partition coefficient (Wildman–Crippen LogP) is 2.23. The highest BCUT2D eigenvalue weighted by molar-refractivity contribution is 5.92. The van der Waals surface area contributed by atoms with Crippen LogP contribution in [0.15, 0.2) is 42.5 Å². The first kappa shape index (κ1) is 19.1. The fourth-order valence-corrected chi connectivity index (χ4v) is 3.97. The second-order valence-corrected chi connectivity index (χ2v) is 7.58. The average molecular weight is 382 g/mol. The molecule has 2 aromatic rings. The van der Waals surface area contributed by atoms with Gasteiger partial charge in [-0.3, -0.25) is 14.6 Å². The summed E-state index contributed by atoms with van der Waals surface area (Å²) in [6.45, 7) is 6.26. The quantitative estimate of drug-likeness (QED) is 0.833. The zero-order valence-electron chi connectivity index (χ0n) is 16.1. The minimum absolute atomic E-state index is 0.149. The molecular formula is C22H27FN4O. The molecule has 0 spiro atoms. The highest BCUT2D eigenvalue weighted by atomic mass is 19.1. The van der Waals surface area contributed by atoms with Gasteiger partial charge in [0, 0.05) is 39.3 Å². The van der Waals surface area contributed by atoms with E-state index in [1.54, 1.807) is 6.07 Å². The van der Waals surface area contributed by atoms with E-state index in [0.29, 0.717) is 25.2 Å². The third-order valence-corrected chi connectivity index (χ3v) is 5.56. The summed E-state index contributed by atoms with van der Waals surface area (Å²) in [5, 5.41) is 6.01. The Labute approximate surface area is 165 Å². The van der Waals surface area contributed by atoms with Crippen LogP contribution in [0, 0.1) is 5.82 Å². The summed E-state index contributed by atoms with van der Waals surface area (Å²) in [7, 11) is 0. The zero-order chi connectivity index (χ0) is 19.3. The van der Waals surface area contributed by atoms with Crippen LogP contribution in [0.2, 0.25) is 0 Å². The third kappa shape index (κ3) is 4.58. The molecule has 2 aliphatic heterocycles. The number of nitrogens with zero attached hydrogens (tertiary/aromatic N) is 2. The summed E-state index contributed by atoms with van der Waals surface area (Å²) in [6, 6.07) is 14.0. The molecule has 2 N–H and O–H groups in total. The Balaban J connectivity index is 1.27. The van der Waals surface area contributed by atoms with E-state index in [4.69, 9.17) is 0 Å². The number of anilines is 1. The summed E-state index contributed by atoms with van der Waals surface area (Å²) in [5.41, 5.74) is 3.32. The SMILES string of the molecule is O=C(CN1CCN(Cc2ccccc2)CC1)Nc1ccc2c(c1F)CCNC2. The highest BCUT2D eigenvalue weighted by Gasteiger charge is 2.21. The number of carbonyl (C=O) groups is 1. The van der Waals surface area contributed by atoms with Gasteiger partial charge in [-0.15, -0.1) is 0 Å². The molecule has 0 bridgehead atoms. The molecule has 28 heavy (non-hydrogen) atoms. The van der Waals surface area contributed by atoms with Crippen molar-refractivity contribution in [3.05, 3.63) is 65.0 Å². The van der Waals surface area contributed by atoms with Gasteiger partial charge >= 0.3 is 0 Å². The molecule has 148 valence electrons. The Hall–Kier alpha value is -2.28. The van der Waals surface area contributed by atoms with Crippen LogP contribution in [0.1, 0.15) is 16.7 Å². The molecule has 1 amide bonds. The largest absolute Gasteiger partial charge is 0.322 e. The number of hydrogen-bond donors (Lipinski definition) is 2. The van der Waals surface area contributed by atoms with Gasteiger partial charge < -0.3 is 10.6 Å². The van der Waals surface area contributed by atoms with Crippen molar-refractivity contribution < 1.29 is 9.18 Å². The van der Waals surface area contributed by atoms with Gasteiger partial charge in [-0.2, -0.15) is 0 Å². The fraction of sp³-hybridized carbons (Fsp3) is 0.409. The Bertz CT molecular complexity index is 819. The maximum Gasteiger partial charge on any atom is 0.238 e. The molecule has 6 heteroatoms. The van der Waals surface area contributed by atoms with Crippen molar-refractivity contribution in [2.24, 2.45) is 0 Å². The second kappa shape index (κ2) is 8.82. The molecule has 0 saturated carbocycles. The standard InChI is InChI=1S/C22H27FN4O/c23-22-19-8-9-24-14-18(19)6-7-20(22)25-21(28)16-27-12-10-26(11-13-27)15-17-4-2-1-3-5-17/h1-7,24H,8-16H2,(H,25,28). The topological polar surface area (TPSA) is 47.6 Å². The molecule has 0 aliphatic carbocycles. The van der Waals surface area contributed by atoms with E-state index < -0.39 is 0 Å². The number of piperazine rings is 1. The van der Waals surface area contributed by atoms with Gasteiger partial charge in [0.1, 0.15) is 5.82 Å². The summed E-state index contributed by atoms with van der Waals surface area (Å²) < 4.78 is 14.7. The van der Waals surface area contributed by atoms with E-state index in [9.17, 15) is 9.18 Å². The second-order valence-electron chi connectivity index (χ2n) is 7.58. The zero-order valence-corrected chi connectivity index (χ0v) is 16.1. The monoisotopic (exact) mass is 382 g/mol. The lowest BCUT2D eigenvalue weighted by atomic mass is 9.99. The van der Waals surface area contributed by atoms with Gasteiger partial charge in [0.25, 0.3) is 0 Å². The highest BCUT2D eigenvalue weighted by Crippen LogP contribution is 2.24. The number of benzene rings is 2. The third-order valence-electron chi connectivity index (χ3n) is 5.56. The van der Waals surface area contributed by atoms with Gasteiger partial charge in [-0.1, -0.05) is 36.4 Å². The first-order valence-corrected chi connectivity index (χ1v) is 9.98. The molecule has 0 radical (unpaired) electrons. The van der Waals surface area contributed by atoms with Crippen LogP contribution in [0.3, 0.4) is 0 Å². The van der Waals surface area contributed by atoms with E-state index in [1.165, 1.54) is 5.56 Å². The molecule has 1 fully saturated rings.